The molecule has 0 aliphatic carbocycles. The molecule has 3 aromatic rings. The molecule has 0 saturated heterocycles. The Bertz CT molecular complexity index is 1250. The normalized spacial score (nSPS) is 13.1. The van der Waals surface area contributed by atoms with Crippen molar-refractivity contribution in [3.05, 3.63) is 75.2 Å². The first-order valence-corrected chi connectivity index (χ1v) is 10.5. The maximum absolute atomic E-state index is 13.1. The van der Waals surface area contributed by atoms with Crippen LogP contribution in [0.5, 0.6) is 0 Å². The lowest BCUT2D eigenvalue weighted by atomic mass is 10.0. The summed E-state index contributed by atoms with van der Waals surface area (Å²) in [6, 6.07) is 10.3. The number of aromatic nitrogens is 3. The molecular formula is C22H18ClF6N3O3. The van der Waals surface area contributed by atoms with E-state index in [4.69, 9.17) is 11.6 Å². The van der Waals surface area contributed by atoms with Crippen molar-refractivity contribution in [1.29, 1.82) is 0 Å². The molecule has 2 aromatic carbocycles. The number of aryl methyl sites for hydroxylation is 1. The molecule has 0 amide bonds. The van der Waals surface area contributed by atoms with Crippen LogP contribution in [-0.4, -0.2) is 37.5 Å². The predicted molar refractivity (Wildman–Crippen MR) is 114 cm³/mol. The number of alkyl halides is 6. The van der Waals surface area contributed by atoms with Gasteiger partial charge in [0.2, 0.25) is 0 Å². The number of carbonyl (C=O) groups excluding carboxylic acids is 1. The first-order chi connectivity index (χ1) is 16.3. The lowest BCUT2D eigenvalue weighted by Gasteiger charge is -2.15. The van der Waals surface area contributed by atoms with Gasteiger partial charge in [-0.2, -0.15) is 26.3 Å². The van der Waals surface area contributed by atoms with Gasteiger partial charge in [-0.05, 0) is 42.3 Å². The zero-order chi connectivity index (χ0) is 26.0. The third kappa shape index (κ3) is 6.51. The molecule has 0 spiro atoms. The molecule has 0 fully saturated rings. The standard InChI is InChI=1S/C22H18ClF6N3O3/c23-15-8-5-14(6-9-15)19-30-32(20(35)31(19)12-18(34)22(27,28)29)11-16(33)10-7-13-3-1-2-4-17(13)21(24,25)26/h1-6,8-9,18,34H,7,10-12H2. The number of rotatable bonds is 8. The molecule has 1 unspecified atom stereocenters. The van der Waals surface area contributed by atoms with Crippen molar-refractivity contribution in [3.63, 3.8) is 0 Å². The van der Waals surface area contributed by atoms with Crippen LogP contribution in [0.4, 0.5) is 26.3 Å². The fourth-order valence-corrected chi connectivity index (χ4v) is 3.46. The van der Waals surface area contributed by atoms with Crippen molar-refractivity contribution in [3.8, 4) is 11.4 Å². The Balaban J connectivity index is 1.86. The zero-order valence-corrected chi connectivity index (χ0v) is 18.5. The van der Waals surface area contributed by atoms with Crippen LogP contribution >= 0.6 is 11.6 Å². The number of Topliss-reactive ketones (excluding diaryl/α,β-unsaturated/α-hetero) is 1. The highest BCUT2D eigenvalue weighted by molar-refractivity contribution is 6.30. The lowest BCUT2D eigenvalue weighted by molar-refractivity contribution is -0.207. The van der Waals surface area contributed by atoms with Crippen LogP contribution < -0.4 is 5.69 Å². The summed E-state index contributed by atoms with van der Waals surface area (Å²) in [7, 11) is 0. The molecule has 0 saturated carbocycles. The molecule has 0 bridgehead atoms. The SMILES string of the molecule is O=C(CCc1ccccc1C(F)(F)F)Cn1nc(-c2ccc(Cl)cc2)n(CC(O)C(F)(F)F)c1=O. The molecule has 6 nitrogen and oxygen atoms in total. The number of benzene rings is 2. The van der Waals surface area contributed by atoms with Gasteiger partial charge in [0.05, 0.1) is 12.1 Å². The van der Waals surface area contributed by atoms with Crippen LogP contribution in [0, 0.1) is 0 Å². The lowest BCUT2D eigenvalue weighted by Crippen LogP contribution is -2.37. The van der Waals surface area contributed by atoms with Gasteiger partial charge in [0.15, 0.2) is 17.7 Å². The van der Waals surface area contributed by atoms with Crippen LogP contribution in [0.1, 0.15) is 17.5 Å². The molecule has 13 heteroatoms. The topological polar surface area (TPSA) is 77.1 Å². The van der Waals surface area contributed by atoms with Gasteiger partial charge in [-0.25, -0.2) is 9.48 Å². The number of hydrogen-bond acceptors (Lipinski definition) is 4. The average molecular weight is 522 g/mol. The third-order valence-electron chi connectivity index (χ3n) is 5.08. The van der Waals surface area contributed by atoms with Crippen LogP contribution in [0.3, 0.4) is 0 Å². The monoisotopic (exact) mass is 521 g/mol. The first kappa shape index (κ1) is 26.5. The average Bonchev–Trinajstić information content (AvgIpc) is 3.07. The van der Waals surface area contributed by atoms with E-state index in [1.54, 1.807) is 0 Å². The smallest absolute Gasteiger partial charge is 0.382 e. The fourth-order valence-electron chi connectivity index (χ4n) is 3.33. The van der Waals surface area contributed by atoms with Crippen molar-refractivity contribution in [1.82, 2.24) is 14.3 Å². The molecule has 188 valence electrons. The second-order valence-corrected chi connectivity index (χ2v) is 8.07. The van der Waals surface area contributed by atoms with E-state index >= 15 is 0 Å². The molecule has 0 aliphatic rings. The Morgan fingerprint density at radius 2 is 1.66 bits per heavy atom. The minimum Gasteiger partial charge on any atom is -0.382 e. The summed E-state index contributed by atoms with van der Waals surface area (Å²) in [5.74, 6) is -0.905. The van der Waals surface area contributed by atoms with Crippen LogP contribution in [0.25, 0.3) is 11.4 Å². The number of halogens is 7. The fraction of sp³-hybridized carbons (Fsp3) is 0.318. The predicted octanol–water partition coefficient (Wildman–Crippen LogP) is 4.51. The second-order valence-electron chi connectivity index (χ2n) is 7.63. The van der Waals surface area contributed by atoms with E-state index in [2.05, 4.69) is 5.10 Å². The van der Waals surface area contributed by atoms with Crippen LogP contribution in [-0.2, 0) is 30.5 Å². The first-order valence-electron chi connectivity index (χ1n) is 10.1. The highest BCUT2D eigenvalue weighted by Gasteiger charge is 2.39. The largest absolute Gasteiger partial charge is 0.416 e. The summed E-state index contributed by atoms with van der Waals surface area (Å²) >= 11 is 5.81. The highest BCUT2D eigenvalue weighted by Crippen LogP contribution is 2.32. The summed E-state index contributed by atoms with van der Waals surface area (Å²) in [6.07, 6.45) is -13.1. The molecule has 1 N–H and O–H groups in total. The van der Waals surface area contributed by atoms with Crippen molar-refractivity contribution >= 4 is 17.4 Å². The number of nitrogens with zero attached hydrogens (tertiary/aromatic N) is 3. The number of hydrogen-bond donors (Lipinski definition) is 1. The molecule has 0 aliphatic heterocycles. The van der Waals surface area contributed by atoms with Crippen LogP contribution in [0.15, 0.2) is 53.3 Å². The minimum absolute atomic E-state index is 0.110. The van der Waals surface area contributed by atoms with E-state index in [1.165, 1.54) is 42.5 Å². The molecule has 1 aromatic heterocycles. The van der Waals surface area contributed by atoms with E-state index in [0.717, 1.165) is 6.07 Å². The van der Waals surface area contributed by atoms with Crippen LogP contribution in [0.2, 0.25) is 5.02 Å². The van der Waals surface area contributed by atoms with Gasteiger partial charge in [0.1, 0.15) is 6.54 Å². The minimum atomic E-state index is -5.01. The molecule has 3 rings (SSSR count). The molecule has 1 heterocycles. The number of aliphatic hydroxyl groups is 1. The Morgan fingerprint density at radius 3 is 2.26 bits per heavy atom. The van der Waals surface area contributed by atoms with Gasteiger partial charge in [-0.3, -0.25) is 9.36 Å². The Hall–Kier alpha value is -3.12. The van der Waals surface area contributed by atoms with Gasteiger partial charge in [-0.1, -0.05) is 29.8 Å². The highest BCUT2D eigenvalue weighted by atomic mass is 35.5. The van der Waals surface area contributed by atoms with E-state index in [0.29, 0.717) is 14.3 Å². The van der Waals surface area contributed by atoms with E-state index in [9.17, 15) is 41.0 Å². The van der Waals surface area contributed by atoms with Gasteiger partial charge in [0.25, 0.3) is 0 Å². The molecule has 35 heavy (non-hydrogen) atoms. The van der Waals surface area contributed by atoms with Gasteiger partial charge >= 0.3 is 18.0 Å². The summed E-state index contributed by atoms with van der Waals surface area (Å²) in [4.78, 5) is 25.2. The zero-order valence-electron chi connectivity index (χ0n) is 17.8. The van der Waals surface area contributed by atoms with Gasteiger partial charge < -0.3 is 5.11 Å². The van der Waals surface area contributed by atoms with Gasteiger partial charge in [0, 0.05) is 17.0 Å². The van der Waals surface area contributed by atoms with Gasteiger partial charge in [-0.15, -0.1) is 5.10 Å². The Kier molecular flexibility index (Phi) is 7.75. The maximum Gasteiger partial charge on any atom is 0.416 e. The summed E-state index contributed by atoms with van der Waals surface area (Å²) in [5.41, 5.74) is -1.89. The number of ketones is 1. The van der Waals surface area contributed by atoms with Crippen molar-refractivity contribution in [2.24, 2.45) is 0 Å². The summed E-state index contributed by atoms with van der Waals surface area (Å²) in [5, 5.41) is 13.7. The Morgan fingerprint density at radius 1 is 1.03 bits per heavy atom. The van der Waals surface area contributed by atoms with Crippen molar-refractivity contribution < 1.29 is 36.2 Å². The Labute approximate surface area is 199 Å². The van der Waals surface area contributed by atoms with E-state index in [-0.39, 0.29) is 29.8 Å². The third-order valence-corrected chi connectivity index (χ3v) is 5.33. The van der Waals surface area contributed by atoms with Crippen molar-refractivity contribution in [2.45, 2.75) is 44.4 Å². The quantitative estimate of drug-likeness (QED) is 0.443. The van der Waals surface area contributed by atoms with Crippen molar-refractivity contribution in [2.75, 3.05) is 0 Å². The molecular weight excluding hydrogens is 504 g/mol. The maximum atomic E-state index is 13.1. The molecule has 0 radical (unpaired) electrons. The summed E-state index contributed by atoms with van der Waals surface area (Å²) in [6.45, 7) is -1.85. The molecule has 1 atom stereocenters. The van der Waals surface area contributed by atoms with E-state index < -0.39 is 48.6 Å². The number of carbonyl (C=O) groups is 1. The number of aliphatic hydroxyl groups excluding tert-OH is 1. The second kappa shape index (κ2) is 10.2. The summed E-state index contributed by atoms with van der Waals surface area (Å²) < 4.78 is 79.3. The van der Waals surface area contributed by atoms with E-state index in [1.807, 2.05) is 0 Å².